The summed E-state index contributed by atoms with van der Waals surface area (Å²) in [6.07, 6.45) is 1.28. The molecule has 0 spiro atoms. The van der Waals surface area contributed by atoms with Gasteiger partial charge in [-0.05, 0) is 67.1 Å². The van der Waals surface area contributed by atoms with Gasteiger partial charge in [0.25, 0.3) is 0 Å². The van der Waals surface area contributed by atoms with E-state index in [1.807, 2.05) is 6.92 Å². The van der Waals surface area contributed by atoms with E-state index in [9.17, 15) is 13.7 Å². The first-order chi connectivity index (χ1) is 15.7. The molecule has 3 aromatic carbocycles. The highest BCUT2D eigenvalue weighted by atomic mass is 35.5. The molecule has 5 nitrogen and oxygen atoms in total. The van der Waals surface area contributed by atoms with Crippen molar-refractivity contribution in [2.75, 3.05) is 6.61 Å². The van der Waals surface area contributed by atoms with Crippen LogP contribution in [0.3, 0.4) is 0 Å². The first-order valence-electron chi connectivity index (χ1n) is 9.70. The van der Waals surface area contributed by atoms with Gasteiger partial charge >= 0.3 is 0 Å². The molecular formula is C24H18Cl3NO4S. The van der Waals surface area contributed by atoms with Crippen LogP contribution in [0.5, 0.6) is 11.5 Å². The monoisotopic (exact) mass is 521 g/mol. The van der Waals surface area contributed by atoms with Crippen molar-refractivity contribution in [3.63, 3.8) is 0 Å². The number of rotatable bonds is 8. The van der Waals surface area contributed by atoms with E-state index >= 15 is 0 Å². The molecule has 0 heterocycles. The fourth-order valence-electron chi connectivity index (χ4n) is 2.86. The van der Waals surface area contributed by atoms with E-state index < -0.39 is 14.7 Å². The molecular weight excluding hydrogens is 505 g/mol. The molecule has 0 saturated carbocycles. The number of allylic oxidation sites excluding steroid dienone is 1. The fourth-order valence-corrected chi connectivity index (χ4v) is 4.61. The molecule has 0 saturated heterocycles. The average molecular weight is 523 g/mol. The highest BCUT2D eigenvalue weighted by Crippen LogP contribution is 2.32. The molecule has 0 aliphatic carbocycles. The standard InChI is InChI=1S/C24H18Cl3NO4S/c1-2-31-24-12-16(3-10-23(24)32-15-17-4-5-19(26)13-22(17)27)11-21(14-28)33(29,30)20-8-6-18(25)7-9-20/h3-13H,2,15H2,1H3/b21-11+. The molecule has 170 valence electrons. The van der Waals surface area contributed by atoms with E-state index in [4.69, 9.17) is 44.3 Å². The lowest BCUT2D eigenvalue weighted by Crippen LogP contribution is -2.04. The molecule has 3 rings (SSSR count). The summed E-state index contributed by atoms with van der Waals surface area (Å²) in [5.41, 5.74) is 1.21. The Morgan fingerprint density at radius 1 is 0.939 bits per heavy atom. The minimum atomic E-state index is -4.01. The van der Waals surface area contributed by atoms with Crippen molar-refractivity contribution >= 4 is 50.7 Å². The smallest absolute Gasteiger partial charge is 0.216 e. The summed E-state index contributed by atoms with van der Waals surface area (Å²) in [7, 11) is -4.01. The zero-order chi connectivity index (χ0) is 24.0. The van der Waals surface area contributed by atoms with Gasteiger partial charge in [0.2, 0.25) is 9.84 Å². The van der Waals surface area contributed by atoms with Crippen molar-refractivity contribution in [1.82, 2.24) is 0 Å². The molecule has 33 heavy (non-hydrogen) atoms. The molecule has 0 bridgehead atoms. The van der Waals surface area contributed by atoms with E-state index in [0.29, 0.717) is 38.7 Å². The van der Waals surface area contributed by atoms with E-state index in [-0.39, 0.29) is 11.5 Å². The van der Waals surface area contributed by atoms with Gasteiger partial charge < -0.3 is 9.47 Å². The summed E-state index contributed by atoms with van der Waals surface area (Å²) in [5.74, 6) is 0.844. The van der Waals surface area contributed by atoms with Crippen molar-refractivity contribution in [2.24, 2.45) is 0 Å². The minimum absolute atomic E-state index is 0.0236. The van der Waals surface area contributed by atoms with Crippen LogP contribution in [-0.2, 0) is 16.4 Å². The van der Waals surface area contributed by atoms with Crippen LogP contribution >= 0.6 is 34.8 Å². The normalized spacial score (nSPS) is 11.7. The topological polar surface area (TPSA) is 76.4 Å². The van der Waals surface area contributed by atoms with Crippen LogP contribution < -0.4 is 9.47 Å². The predicted octanol–water partition coefficient (Wildman–Crippen LogP) is 6.96. The van der Waals surface area contributed by atoms with E-state index in [1.165, 1.54) is 30.3 Å². The second kappa shape index (κ2) is 11.0. The zero-order valence-corrected chi connectivity index (χ0v) is 20.5. The van der Waals surface area contributed by atoms with Crippen molar-refractivity contribution < 1.29 is 17.9 Å². The van der Waals surface area contributed by atoms with Crippen molar-refractivity contribution in [3.05, 3.63) is 91.8 Å². The number of hydrogen-bond donors (Lipinski definition) is 0. The predicted molar refractivity (Wildman–Crippen MR) is 131 cm³/mol. The number of nitrogens with zero attached hydrogens (tertiary/aromatic N) is 1. The Bertz CT molecular complexity index is 1330. The zero-order valence-electron chi connectivity index (χ0n) is 17.4. The maximum atomic E-state index is 12.9. The van der Waals surface area contributed by atoms with E-state index in [0.717, 1.165) is 5.56 Å². The quantitative estimate of drug-likeness (QED) is 0.299. The van der Waals surface area contributed by atoms with Gasteiger partial charge in [-0.1, -0.05) is 46.9 Å². The molecule has 0 fully saturated rings. The molecule has 0 atom stereocenters. The van der Waals surface area contributed by atoms with E-state index in [1.54, 1.807) is 42.5 Å². The molecule has 0 N–H and O–H groups in total. The largest absolute Gasteiger partial charge is 0.490 e. The average Bonchev–Trinajstić information content (AvgIpc) is 2.78. The van der Waals surface area contributed by atoms with Crippen LogP contribution in [-0.4, -0.2) is 15.0 Å². The SMILES string of the molecule is CCOc1cc(/C=C(\C#N)S(=O)(=O)c2ccc(Cl)cc2)ccc1OCc1ccc(Cl)cc1Cl. The number of nitriles is 1. The van der Waals surface area contributed by atoms with Gasteiger partial charge in [-0.25, -0.2) is 8.42 Å². The lowest BCUT2D eigenvalue weighted by molar-refractivity contribution is 0.269. The van der Waals surface area contributed by atoms with Crippen LogP contribution in [0, 0.1) is 11.3 Å². The minimum Gasteiger partial charge on any atom is -0.490 e. The maximum Gasteiger partial charge on any atom is 0.216 e. The summed E-state index contributed by atoms with van der Waals surface area (Å²) < 4.78 is 37.2. The Morgan fingerprint density at radius 3 is 2.27 bits per heavy atom. The number of hydrogen-bond acceptors (Lipinski definition) is 5. The highest BCUT2D eigenvalue weighted by molar-refractivity contribution is 7.95. The highest BCUT2D eigenvalue weighted by Gasteiger charge is 2.21. The summed E-state index contributed by atoms with van der Waals surface area (Å²) in [6.45, 7) is 2.35. The Morgan fingerprint density at radius 2 is 1.64 bits per heavy atom. The Kier molecular flexibility index (Phi) is 8.28. The van der Waals surface area contributed by atoms with Gasteiger partial charge in [-0.15, -0.1) is 0 Å². The lowest BCUT2D eigenvalue weighted by Gasteiger charge is -2.13. The molecule has 0 unspecified atom stereocenters. The second-order valence-electron chi connectivity index (χ2n) is 6.74. The third-order valence-electron chi connectivity index (χ3n) is 4.49. The van der Waals surface area contributed by atoms with Gasteiger partial charge in [0.05, 0.1) is 11.5 Å². The van der Waals surface area contributed by atoms with Gasteiger partial charge in [-0.2, -0.15) is 5.26 Å². The summed E-state index contributed by atoms with van der Waals surface area (Å²) >= 11 is 18.0. The number of sulfone groups is 1. The summed E-state index contributed by atoms with van der Waals surface area (Å²) in [5, 5.41) is 10.9. The maximum absolute atomic E-state index is 12.9. The Hall–Kier alpha value is -2.69. The van der Waals surface area contributed by atoms with E-state index in [2.05, 4.69) is 0 Å². The van der Waals surface area contributed by atoms with Crippen LogP contribution in [0.1, 0.15) is 18.1 Å². The molecule has 0 aromatic heterocycles. The first kappa shape index (κ1) is 24.9. The molecule has 0 radical (unpaired) electrons. The number of benzene rings is 3. The van der Waals surface area contributed by atoms with Gasteiger partial charge in [0.1, 0.15) is 17.6 Å². The van der Waals surface area contributed by atoms with Crippen LogP contribution in [0.25, 0.3) is 6.08 Å². The number of halogens is 3. The van der Waals surface area contributed by atoms with Gasteiger partial charge in [-0.3, -0.25) is 0 Å². The molecule has 9 heteroatoms. The fraction of sp³-hybridized carbons (Fsp3) is 0.125. The molecule has 0 aliphatic rings. The third-order valence-corrected chi connectivity index (χ3v) is 7.01. The van der Waals surface area contributed by atoms with Crippen molar-refractivity contribution in [1.29, 1.82) is 5.26 Å². The van der Waals surface area contributed by atoms with Crippen LogP contribution in [0.4, 0.5) is 0 Å². The first-order valence-corrected chi connectivity index (χ1v) is 12.3. The second-order valence-corrected chi connectivity index (χ2v) is 9.94. The summed E-state index contributed by atoms with van der Waals surface area (Å²) in [6, 6.07) is 17.4. The Labute approximate surface area is 207 Å². The lowest BCUT2D eigenvalue weighted by atomic mass is 10.2. The molecule has 0 aliphatic heterocycles. The van der Waals surface area contributed by atoms with Crippen molar-refractivity contribution in [3.8, 4) is 17.6 Å². The van der Waals surface area contributed by atoms with Gasteiger partial charge in [0.15, 0.2) is 11.5 Å². The van der Waals surface area contributed by atoms with Gasteiger partial charge in [0, 0.05) is 20.6 Å². The third kappa shape index (κ3) is 6.21. The van der Waals surface area contributed by atoms with Crippen LogP contribution in [0.2, 0.25) is 15.1 Å². The Balaban J connectivity index is 1.90. The summed E-state index contributed by atoms with van der Waals surface area (Å²) in [4.78, 5) is -0.432. The van der Waals surface area contributed by atoms with Crippen molar-refractivity contribution in [2.45, 2.75) is 18.4 Å². The molecule has 0 amide bonds. The number of ether oxygens (including phenoxy) is 2. The van der Waals surface area contributed by atoms with Crippen LogP contribution in [0.15, 0.2) is 70.5 Å². The molecule has 3 aromatic rings.